The molecule has 0 radical (unpaired) electrons. The molecule has 1 saturated carbocycles. The Balaban J connectivity index is 1.67. The van der Waals surface area contributed by atoms with E-state index in [1.807, 2.05) is 0 Å². The Morgan fingerprint density at radius 1 is 1.43 bits per heavy atom. The Kier molecular flexibility index (Phi) is 4.29. The summed E-state index contributed by atoms with van der Waals surface area (Å²) in [6.45, 7) is 4.05. The summed E-state index contributed by atoms with van der Waals surface area (Å²) in [5.41, 5.74) is 8.13. The van der Waals surface area contributed by atoms with Gasteiger partial charge in [-0.3, -0.25) is 0 Å². The number of nitrogens with two attached hydrogens (primary N) is 1. The van der Waals surface area contributed by atoms with Crippen LogP contribution in [0.1, 0.15) is 30.4 Å². The standard InChI is InChI=1S/C16H23N3O2/c1-11-2-3-12(9-18-16(17)19-13-4-5-13)15(8-11)21-14-6-7-20-10-14/h2-3,8,13-14H,4-7,9-10H2,1H3,(H3,17,18,19). The quantitative estimate of drug-likeness (QED) is 0.640. The molecule has 5 heteroatoms. The molecular formula is C16H23N3O2. The highest BCUT2D eigenvalue weighted by Crippen LogP contribution is 2.24. The molecule has 0 aromatic heterocycles. The predicted octanol–water partition coefficient (Wildman–Crippen LogP) is 1.73. The van der Waals surface area contributed by atoms with E-state index in [-0.39, 0.29) is 6.10 Å². The molecule has 0 spiro atoms. The van der Waals surface area contributed by atoms with Crippen LogP contribution in [0.3, 0.4) is 0 Å². The van der Waals surface area contributed by atoms with E-state index in [0.29, 0.717) is 25.2 Å². The van der Waals surface area contributed by atoms with Crippen LogP contribution in [0.2, 0.25) is 0 Å². The number of hydrogen-bond donors (Lipinski definition) is 2. The first-order chi connectivity index (χ1) is 10.2. The van der Waals surface area contributed by atoms with Crippen LogP contribution >= 0.6 is 0 Å². The third-order valence-electron chi connectivity index (χ3n) is 3.75. The molecular weight excluding hydrogens is 266 g/mol. The molecule has 1 aliphatic heterocycles. The van der Waals surface area contributed by atoms with Gasteiger partial charge in [0.2, 0.25) is 0 Å². The van der Waals surface area contributed by atoms with Gasteiger partial charge >= 0.3 is 0 Å². The monoisotopic (exact) mass is 289 g/mol. The van der Waals surface area contributed by atoms with E-state index in [1.54, 1.807) is 0 Å². The summed E-state index contributed by atoms with van der Waals surface area (Å²) >= 11 is 0. The Morgan fingerprint density at radius 2 is 2.29 bits per heavy atom. The summed E-state index contributed by atoms with van der Waals surface area (Å²) in [7, 11) is 0. The molecule has 1 aromatic rings. The molecule has 114 valence electrons. The number of nitrogens with zero attached hydrogens (tertiary/aromatic N) is 1. The second-order valence-corrected chi connectivity index (χ2v) is 5.83. The number of rotatable bonds is 5. The van der Waals surface area contributed by atoms with Crippen molar-refractivity contribution in [2.24, 2.45) is 10.7 Å². The van der Waals surface area contributed by atoms with Crippen molar-refractivity contribution < 1.29 is 9.47 Å². The van der Waals surface area contributed by atoms with Crippen molar-refractivity contribution in [3.8, 4) is 5.75 Å². The van der Waals surface area contributed by atoms with Crippen LogP contribution in [0.25, 0.3) is 0 Å². The van der Waals surface area contributed by atoms with E-state index in [2.05, 4.69) is 35.4 Å². The van der Waals surface area contributed by atoms with Crippen molar-refractivity contribution in [1.29, 1.82) is 0 Å². The molecule has 5 nitrogen and oxygen atoms in total. The minimum Gasteiger partial charge on any atom is -0.488 e. The first-order valence-corrected chi connectivity index (χ1v) is 7.61. The first kappa shape index (κ1) is 14.2. The van der Waals surface area contributed by atoms with Gasteiger partial charge in [-0.2, -0.15) is 0 Å². The van der Waals surface area contributed by atoms with Gasteiger partial charge < -0.3 is 20.5 Å². The lowest BCUT2D eigenvalue weighted by Gasteiger charge is -2.15. The predicted molar refractivity (Wildman–Crippen MR) is 82.5 cm³/mol. The van der Waals surface area contributed by atoms with Gasteiger partial charge in [-0.25, -0.2) is 4.99 Å². The van der Waals surface area contributed by atoms with E-state index in [0.717, 1.165) is 24.3 Å². The van der Waals surface area contributed by atoms with Gasteiger partial charge in [-0.05, 0) is 31.4 Å². The fourth-order valence-corrected chi connectivity index (χ4v) is 2.34. The average molecular weight is 289 g/mol. The van der Waals surface area contributed by atoms with Crippen LogP contribution in [0.15, 0.2) is 23.2 Å². The summed E-state index contributed by atoms with van der Waals surface area (Å²) in [6, 6.07) is 6.73. The zero-order valence-electron chi connectivity index (χ0n) is 12.5. The van der Waals surface area contributed by atoms with Crippen molar-refractivity contribution in [3.05, 3.63) is 29.3 Å². The highest BCUT2D eigenvalue weighted by atomic mass is 16.5. The molecule has 21 heavy (non-hydrogen) atoms. The normalized spacial score (nSPS) is 22.3. The lowest BCUT2D eigenvalue weighted by atomic mass is 10.1. The molecule has 1 atom stereocenters. The lowest BCUT2D eigenvalue weighted by Crippen LogP contribution is -2.33. The summed E-state index contributed by atoms with van der Waals surface area (Å²) in [6.07, 6.45) is 3.48. The van der Waals surface area contributed by atoms with E-state index in [1.165, 1.54) is 18.4 Å². The van der Waals surface area contributed by atoms with Crippen LogP contribution in [-0.4, -0.2) is 31.3 Å². The van der Waals surface area contributed by atoms with E-state index in [9.17, 15) is 0 Å². The highest BCUT2D eigenvalue weighted by molar-refractivity contribution is 5.78. The number of hydrogen-bond acceptors (Lipinski definition) is 3. The molecule has 0 amide bonds. The van der Waals surface area contributed by atoms with Crippen LogP contribution in [-0.2, 0) is 11.3 Å². The van der Waals surface area contributed by atoms with Gasteiger partial charge in [-0.1, -0.05) is 12.1 Å². The minimum absolute atomic E-state index is 0.150. The zero-order valence-corrected chi connectivity index (χ0v) is 12.5. The zero-order chi connectivity index (χ0) is 14.7. The highest BCUT2D eigenvalue weighted by Gasteiger charge is 2.21. The first-order valence-electron chi connectivity index (χ1n) is 7.61. The van der Waals surface area contributed by atoms with Crippen molar-refractivity contribution in [1.82, 2.24) is 5.32 Å². The van der Waals surface area contributed by atoms with Crippen molar-refractivity contribution in [2.45, 2.75) is 44.9 Å². The van der Waals surface area contributed by atoms with Crippen LogP contribution in [0, 0.1) is 6.92 Å². The fourth-order valence-electron chi connectivity index (χ4n) is 2.34. The Morgan fingerprint density at radius 3 is 3.00 bits per heavy atom. The molecule has 3 rings (SSSR count). The SMILES string of the molecule is Cc1ccc(CN=C(N)NC2CC2)c(OC2CCOC2)c1. The van der Waals surface area contributed by atoms with Gasteiger partial charge in [0.1, 0.15) is 11.9 Å². The maximum absolute atomic E-state index is 6.06. The van der Waals surface area contributed by atoms with Crippen LogP contribution in [0.4, 0.5) is 0 Å². The van der Waals surface area contributed by atoms with Gasteiger partial charge in [0.05, 0.1) is 19.8 Å². The lowest BCUT2D eigenvalue weighted by molar-refractivity contribution is 0.140. The number of aliphatic imine (C=N–C) groups is 1. The molecule has 2 fully saturated rings. The van der Waals surface area contributed by atoms with E-state index in [4.69, 9.17) is 15.2 Å². The second kappa shape index (κ2) is 6.35. The summed E-state index contributed by atoms with van der Waals surface area (Å²) in [5.74, 6) is 1.42. The topological polar surface area (TPSA) is 68.9 Å². The number of benzene rings is 1. The van der Waals surface area contributed by atoms with Crippen molar-refractivity contribution >= 4 is 5.96 Å². The maximum atomic E-state index is 6.06. The number of ether oxygens (including phenoxy) is 2. The van der Waals surface area contributed by atoms with Gasteiger partial charge in [0.25, 0.3) is 0 Å². The Bertz CT molecular complexity index is 520. The molecule has 1 saturated heterocycles. The average Bonchev–Trinajstić information content (AvgIpc) is 3.11. The van der Waals surface area contributed by atoms with Gasteiger partial charge in [0.15, 0.2) is 5.96 Å². The Hall–Kier alpha value is -1.75. The summed E-state index contributed by atoms with van der Waals surface area (Å²) in [4.78, 5) is 4.41. The largest absolute Gasteiger partial charge is 0.488 e. The number of guanidine groups is 1. The molecule has 3 N–H and O–H groups in total. The number of aryl methyl sites for hydroxylation is 1. The minimum atomic E-state index is 0.150. The third-order valence-corrected chi connectivity index (χ3v) is 3.75. The summed E-state index contributed by atoms with van der Waals surface area (Å²) < 4.78 is 11.4. The molecule has 2 aliphatic rings. The van der Waals surface area contributed by atoms with Crippen molar-refractivity contribution in [3.63, 3.8) is 0 Å². The fraction of sp³-hybridized carbons (Fsp3) is 0.562. The maximum Gasteiger partial charge on any atom is 0.189 e. The molecule has 1 aromatic carbocycles. The van der Waals surface area contributed by atoms with Crippen molar-refractivity contribution in [2.75, 3.05) is 13.2 Å². The molecule has 1 unspecified atom stereocenters. The van der Waals surface area contributed by atoms with Crippen LogP contribution < -0.4 is 15.8 Å². The number of nitrogens with one attached hydrogen (secondary N) is 1. The van der Waals surface area contributed by atoms with E-state index < -0.39 is 0 Å². The van der Waals surface area contributed by atoms with Gasteiger partial charge in [0, 0.05) is 18.0 Å². The molecule has 1 aliphatic carbocycles. The smallest absolute Gasteiger partial charge is 0.189 e. The molecule has 0 bridgehead atoms. The second-order valence-electron chi connectivity index (χ2n) is 5.83. The summed E-state index contributed by atoms with van der Waals surface area (Å²) in [5, 5.41) is 3.19. The van der Waals surface area contributed by atoms with Crippen LogP contribution in [0.5, 0.6) is 5.75 Å². The van der Waals surface area contributed by atoms with E-state index >= 15 is 0 Å². The molecule has 1 heterocycles. The third kappa shape index (κ3) is 4.11. The Labute approximate surface area is 125 Å². The van der Waals surface area contributed by atoms with Gasteiger partial charge in [-0.15, -0.1) is 0 Å².